The molecule has 7 rings (SSSR count). The Morgan fingerprint density at radius 1 is 0.717 bits per heavy atom. The van der Waals surface area contributed by atoms with Crippen LogP contribution in [-0.2, 0) is 5.41 Å². The van der Waals surface area contributed by atoms with Crippen LogP contribution in [0.15, 0.2) is 97.2 Å². The summed E-state index contributed by atoms with van der Waals surface area (Å²) in [6, 6.07) is 31.8. The van der Waals surface area contributed by atoms with Gasteiger partial charge in [-0.2, -0.15) is 0 Å². The second kappa shape index (κ2) is 11.0. The molecule has 3 heterocycles. The van der Waals surface area contributed by atoms with Gasteiger partial charge in [-0.25, -0.2) is 4.98 Å². The second-order valence-corrected chi connectivity index (χ2v) is 13.4. The highest BCUT2D eigenvalue weighted by Gasteiger charge is 2.19. The number of fused-ring (bicyclic) bond motifs is 3. The summed E-state index contributed by atoms with van der Waals surface area (Å²) < 4.78 is 13.1. The zero-order valence-corrected chi connectivity index (χ0v) is 27.9. The highest BCUT2D eigenvalue weighted by molar-refractivity contribution is 6.09. The molecule has 0 radical (unpaired) electrons. The summed E-state index contributed by atoms with van der Waals surface area (Å²) >= 11 is 0. The Labute approximate surface area is 271 Å². The number of nitrogens with zero attached hydrogens (tertiary/aromatic N) is 4. The van der Waals surface area contributed by atoms with Crippen molar-refractivity contribution < 1.29 is 9.30 Å². The molecule has 0 aliphatic rings. The summed E-state index contributed by atoms with van der Waals surface area (Å²) in [5.74, 6) is 2.44. The van der Waals surface area contributed by atoms with E-state index in [1.54, 1.807) is 0 Å². The van der Waals surface area contributed by atoms with Crippen molar-refractivity contribution in [3.05, 3.63) is 137 Å². The third kappa shape index (κ3) is 4.96. The van der Waals surface area contributed by atoms with Crippen molar-refractivity contribution in [2.24, 2.45) is 0 Å². The number of ether oxygens (including phenoxy) is 1. The van der Waals surface area contributed by atoms with Crippen molar-refractivity contribution >= 4 is 21.8 Å². The SMILES string of the molecule is Cc1ccc(-[n+]2[c-]n(-c3cccc(Oc4ccc5c6ccccc6n(-c6cc(C(C)(C)C)ccn6)c5c4)c3)c(C)c2C)c(C)c1C. The van der Waals surface area contributed by atoms with Crippen molar-refractivity contribution in [2.75, 3.05) is 0 Å². The van der Waals surface area contributed by atoms with Crippen LogP contribution in [0, 0.1) is 40.9 Å². The molecule has 0 aliphatic carbocycles. The van der Waals surface area contributed by atoms with Crippen molar-refractivity contribution in [2.45, 2.75) is 60.8 Å². The third-order valence-corrected chi connectivity index (χ3v) is 9.46. The summed E-state index contributed by atoms with van der Waals surface area (Å²) in [7, 11) is 0. The fraction of sp³-hybridized carbons (Fsp3) is 0.220. The molecular formula is C41H40N4O. The van der Waals surface area contributed by atoms with E-state index in [2.05, 4.69) is 154 Å². The van der Waals surface area contributed by atoms with Gasteiger partial charge < -0.3 is 4.74 Å². The van der Waals surface area contributed by atoms with Gasteiger partial charge in [0.15, 0.2) is 0 Å². The molecule has 5 heteroatoms. The average molecular weight is 605 g/mol. The van der Waals surface area contributed by atoms with E-state index in [0.29, 0.717) is 0 Å². The Bertz CT molecular complexity index is 2280. The number of hydrogen-bond acceptors (Lipinski definition) is 2. The first-order valence-electron chi connectivity index (χ1n) is 15.9. The predicted molar refractivity (Wildman–Crippen MR) is 187 cm³/mol. The first-order chi connectivity index (χ1) is 22.0. The summed E-state index contributed by atoms with van der Waals surface area (Å²) in [6.45, 7) is 17.5. The molecule has 0 saturated carbocycles. The van der Waals surface area contributed by atoms with Gasteiger partial charge in [0.05, 0.1) is 33.8 Å². The smallest absolute Gasteiger partial charge is 0.269 e. The summed E-state index contributed by atoms with van der Waals surface area (Å²) in [5.41, 5.74) is 11.8. The predicted octanol–water partition coefficient (Wildman–Crippen LogP) is 9.68. The minimum Gasteiger partial charge on any atom is -0.458 e. The van der Waals surface area contributed by atoms with Gasteiger partial charge in [-0.15, -0.1) is 0 Å². The van der Waals surface area contributed by atoms with E-state index in [-0.39, 0.29) is 5.41 Å². The maximum atomic E-state index is 6.56. The molecule has 0 unspecified atom stereocenters. The van der Waals surface area contributed by atoms with Crippen molar-refractivity contribution in [1.82, 2.24) is 14.1 Å². The van der Waals surface area contributed by atoms with Crippen LogP contribution in [0.4, 0.5) is 0 Å². The third-order valence-electron chi connectivity index (χ3n) is 9.46. The molecule has 0 aliphatic heterocycles. The Morgan fingerprint density at radius 3 is 2.28 bits per heavy atom. The van der Waals surface area contributed by atoms with E-state index in [0.717, 1.165) is 51.1 Å². The molecule has 0 bridgehead atoms. The van der Waals surface area contributed by atoms with Gasteiger partial charge in [0.2, 0.25) is 0 Å². The van der Waals surface area contributed by atoms with Gasteiger partial charge >= 0.3 is 0 Å². The van der Waals surface area contributed by atoms with Crippen molar-refractivity contribution in [3.63, 3.8) is 0 Å². The Balaban J connectivity index is 1.28. The lowest BCUT2D eigenvalue weighted by molar-refractivity contribution is -0.606. The fourth-order valence-electron chi connectivity index (χ4n) is 6.33. The van der Waals surface area contributed by atoms with Gasteiger partial charge in [0, 0.05) is 23.0 Å². The zero-order valence-electron chi connectivity index (χ0n) is 27.9. The van der Waals surface area contributed by atoms with Gasteiger partial charge in [0.1, 0.15) is 17.3 Å². The largest absolute Gasteiger partial charge is 0.458 e. The van der Waals surface area contributed by atoms with E-state index in [1.807, 2.05) is 18.3 Å². The van der Waals surface area contributed by atoms with E-state index in [9.17, 15) is 0 Å². The van der Waals surface area contributed by atoms with Gasteiger partial charge in [0.25, 0.3) is 6.33 Å². The van der Waals surface area contributed by atoms with Crippen molar-refractivity contribution in [1.29, 1.82) is 0 Å². The fourth-order valence-corrected chi connectivity index (χ4v) is 6.33. The highest BCUT2D eigenvalue weighted by atomic mass is 16.5. The number of aryl methyl sites for hydroxylation is 1. The molecule has 4 aromatic carbocycles. The quantitative estimate of drug-likeness (QED) is 0.145. The number of pyridine rings is 1. The number of aromatic nitrogens is 4. The molecular weight excluding hydrogens is 564 g/mol. The van der Waals surface area contributed by atoms with E-state index < -0.39 is 0 Å². The average Bonchev–Trinajstić information content (AvgIpc) is 3.53. The molecule has 7 aromatic rings. The lowest BCUT2D eigenvalue weighted by atomic mass is 9.88. The Morgan fingerprint density at radius 2 is 1.48 bits per heavy atom. The molecule has 0 amide bonds. The number of imidazole rings is 1. The lowest BCUT2D eigenvalue weighted by Gasteiger charge is -2.20. The van der Waals surface area contributed by atoms with Crippen LogP contribution in [0.3, 0.4) is 0 Å². The maximum Gasteiger partial charge on any atom is 0.269 e. The molecule has 46 heavy (non-hydrogen) atoms. The van der Waals surface area contributed by atoms with Crippen molar-refractivity contribution in [3.8, 4) is 28.7 Å². The molecule has 0 fully saturated rings. The van der Waals surface area contributed by atoms with Crippen LogP contribution in [0.25, 0.3) is 39.0 Å². The minimum atomic E-state index is 0.0148. The summed E-state index contributed by atoms with van der Waals surface area (Å²) in [4.78, 5) is 4.82. The number of para-hydroxylation sites is 1. The van der Waals surface area contributed by atoms with Gasteiger partial charge in [-0.05, 0) is 117 Å². The summed E-state index contributed by atoms with van der Waals surface area (Å²) in [5, 5.41) is 2.36. The first kappa shape index (κ1) is 29.5. The van der Waals surface area contributed by atoms with E-state index in [4.69, 9.17) is 9.72 Å². The minimum absolute atomic E-state index is 0.0148. The summed E-state index contributed by atoms with van der Waals surface area (Å²) in [6.07, 6.45) is 5.52. The monoisotopic (exact) mass is 604 g/mol. The van der Waals surface area contributed by atoms with Crippen LogP contribution >= 0.6 is 0 Å². The van der Waals surface area contributed by atoms with Crippen LogP contribution in [0.2, 0.25) is 0 Å². The molecule has 0 atom stereocenters. The molecule has 0 spiro atoms. The highest BCUT2D eigenvalue weighted by Crippen LogP contribution is 2.36. The topological polar surface area (TPSA) is 35.9 Å². The van der Waals surface area contributed by atoms with Crippen LogP contribution < -0.4 is 9.30 Å². The number of rotatable bonds is 5. The molecule has 0 saturated heterocycles. The Kier molecular flexibility index (Phi) is 7.08. The van der Waals surface area contributed by atoms with E-state index >= 15 is 0 Å². The van der Waals surface area contributed by atoms with Crippen LogP contribution in [-0.4, -0.2) is 14.1 Å². The molecule has 0 N–H and O–H groups in total. The Hall–Kier alpha value is -5.16. The van der Waals surface area contributed by atoms with Gasteiger partial charge in [-0.1, -0.05) is 51.1 Å². The molecule has 3 aromatic heterocycles. The lowest BCUT2D eigenvalue weighted by Crippen LogP contribution is -2.33. The second-order valence-electron chi connectivity index (χ2n) is 13.4. The maximum absolute atomic E-state index is 6.56. The number of hydrogen-bond donors (Lipinski definition) is 0. The molecule has 5 nitrogen and oxygen atoms in total. The number of benzene rings is 4. The molecule has 230 valence electrons. The normalized spacial score (nSPS) is 11.9. The van der Waals surface area contributed by atoms with Crippen LogP contribution in [0.5, 0.6) is 11.5 Å². The van der Waals surface area contributed by atoms with Gasteiger partial charge in [-0.3, -0.25) is 13.7 Å². The first-order valence-corrected chi connectivity index (χ1v) is 15.9. The zero-order chi connectivity index (χ0) is 32.3. The van der Waals surface area contributed by atoms with Crippen LogP contribution in [0.1, 0.15) is 54.4 Å². The van der Waals surface area contributed by atoms with E-state index in [1.165, 1.54) is 33.0 Å². The standard InChI is InChI=1S/C41H40N4O/c1-26-16-19-37(28(3)27(26)2)44-25-43(29(4)30(44)5)32-12-11-13-33(23-32)46-34-17-18-36-35-14-9-10-15-38(35)45(39(36)24-34)40-22-31(20-21-42-40)41(6,7)8/h9-24H,1-8H3.